The molecule has 2 heterocycles. The van der Waals surface area contributed by atoms with Crippen molar-refractivity contribution in [3.63, 3.8) is 0 Å². The van der Waals surface area contributed by atoms with Crippen LogP contribution >= 0.6 is 11.8 Å². The number of nitrogens with one attached hydrogen (secondary N) is 1. The van der Waals surface area contributed by atoms with E-state index in [-0.39, 0.29) is 17.9 Å². The van der Waals surface area contributed by atoms with Gasteiger partial charge in [-0.25, -0.2) is 4.79 Å². The molecule has 0 spiro atoms. The minimum absolute atomic E-state index is 0.0613. The maximum absolute atomic E-state index is 12.0. The van der Waals surface area contributed by atoms with Crippen LogP contribution < -0.4 is 15.1 Å². The number of thioether (sulfide) groups is 1. The molecule has 3 rings (SSSR count). The normalized spacial score (nSPS) is 20.3. The first kappa shape index (κ1) is 15.7. The Hall–Kier alpha value is -2.22. The zero-order valence-electron chi connectivity index (χ0n) is 12.9. The molecule has 0 aromatic heterocycles. The lowest BCUT2D eigenvalue weighted by Gasteiger charge is -2.26. The Bertz CT molecular complexity index is 679. The molecule has 1 saturated heterocycles. The van der Waals surface area contributed by atoms with Gasteiger partial charge in [-0.3, -0.25) is 14.5 Å². The molecular weight excluding hydrogens is 318 g/mol. The van der Waals surface area contributed by atoms with Gasteiger partial charge in [0.15, 0.2) is 0 Å². The van der Waals surface area contributed by atoms with Gasteiger partial charge in [0.2, 0.25) is 11.8 Å². The van der Waals surface area contributed by atoms with Gasteiger partial charge in [0.25, 0.3) is 0 Å². The number of nitrogens with zero attached hydrogens (tertiary/aromatic N) is 2. The highest BCUT2D eigenvalue weighted by molar-refractivity contribution is 8.00. The van der Waals surface area contributed by atoms with E-state index in [2.05, 4.69) is 5.32 Å². The molecule has 1 fully saturated rings. The summed E-state index contributed by atoms with van der Waals surface area (Å²) in [4.78, 5) is 38.8. The standard InChI is InChI=1S/C15H17N3O4S/c1-9(19)16-6-11-7-18(15(21)22-11)10-3-4-12-13(5-10)23-8-14(20)17(12)2/h3-5,11H,6-8H2,1-2H3,(H,16,19)/t11-/m0/s1. The molecule has 0 radical (unpaired) electrons. The van der Waals surface area contributed by atoms with Crippen LogP contribution in [0.5, 0.6) is 0 Å². The molecule has 1 atom stereocenters. The molecule has 2 aliphatic heterocycles. The SMILES string of the molecule is CC(=O)NC[C@H]1CN(c2ccc3c(c2)SCC(=O)N3C)C(=O)O1. The predicted molar refractivity (Wildman–Crippen MR) is 86.9 cm³/mol. The number of benzene rings is 1. The summed E-state index contributed by atoms with van der Waals surface area (Å²) in [5.41, 5.74) is 1.58. The number of carbonyl (C=O) groups is 3. The zero-order valence-corrected chi connectivity index (χ0v) is 13.7. The Labute approximate surface area is 137 Å². The number of fused-ring (bicyclic) bond motifs is 1. The summed E-state index contributed by atoms with van der Waals surface area (Å²) in [6, 6.07) is 5.53. The third-order valence-electron chi connectivity index (χ3n) is 3.79. The van der Waals surface area contributed by atoms with Gasteiger partial charge in [-0.2, -0.15) is 0 Å². The Balaban J connectivity index is 1.76. The van der Waals surface area contributed by atoms with Gasteiger partial charge in [-0.1, -0.05) is 0 Å². The largest absolute Gasteiger partial charge is 0.442 e. The van der Waals surface area contributed by atoms with Crippen molar-refractivity contribution in [2.45, 2.75) is 17.9 Å². The molecule has 1 aromatic carbocycles. The topological polar surface area (TPSA) is 79.0 Å². The number of cyclic esters (lactones) is 1. The van der Waals surface area contributed by atoms with Crippen LogP contribution in [-0.2, 0) is 14.3 Å². The van der Waals surface area contributed by atoms with Gasteiger partial charge >= 0.3 is 6.09 Å². The Morgan fingerprint density at radius 3 is 2.96 bits per heavy atom. The average Bonchev–Trinajstić information content (AvgIpc) is 2.90. The fraction of sp³-hybridized carbons (Fsp3) is 0.400. The zero-order chi connectivity index (χ0) is 16.6. The minimum Gasteiger partial charge on any atom is -0.442 e. The van der Waals surface area contributed by atoms with Crippen LogP contribution in [0.1, 0.15) is 6.92 Å². The third kappa shape index (κ3) is 3.12. The minimum atomic E-state index is -0.425. The van der Waals surface area contributed by atoms with Crippen molar-refractivity contribution >= 4 is 41.0 Å². The number of hydrogen-bond donors (Lipinski definition) is 1. The summed E-state index contributed by atoms with van der Waals surface area (Å²) in [5, 5.41) is 2.65. The maximum Gasteiger partial charge on any atom is 0.414 e. The van der Waals surface area contributed by atoms with Crippen LogP contribution in [0.15, 0.2) is 23.1 Å². The summed E-state index contributed by atoms with van der Waals surface area (Å²) >= 11 is 1.46. The highest BCUT2D eigenvalue weighted by Crippen LogP contribution is 2.37. The fourth-order valence-corrected chi connectivity index (χ4v) is 3.56. The Kier molecular flexibility index (Phi) is 4.16. The van der Waals surface area contributed by atoms with Gasteiger partial charge in [0, 0.05) is 24.6 Å². The van der Waals surface area contributed by atoms with Crippen LogP contribution in [0.3, 0.4) is 0 Å². The van der Waals surface area contributed by atoms with Crippen molar-refractivity contribution in [3.8, 4) is 0 Å². The quantitative estimate of drug-likeness (QED) is 0.898. The van der Waals surface area contributed by atoms with Crippen molar-refractivity contribution in [1.82, 2.24) is 5.32 Å². The molecule has 1 N–H and O–H groups in total. The van der Waals surface area contributed by atoms with E-state index < -0.39 is 6.09 Å². The van der Waals surface area contributed by atoms with E-state index in [1.54, 1.807) is 22.9 Å². The number of hydrogen-bond acceptors (Lipinski definition) is 5. The summed E-state index contributed by atoms with van der Waals surface area (Å²) in [6.07, 6.45) is -0.787. The number of rotatable bonds is 3. The maximum atomic E-state index is 12.0. The van der Waals surface area contributed by atoms with E-state index in [4.69, 9.17) is 4.74 Å². The van der Waals surface area contributed by atoms with Crippen LogP contribution in [0.2, 0.25) is 0 Å². The molecule has 0 saturated carbocycles. The number of ether oxygens (including phenoxy) is 1. The summed E-state index contributed by atoms with van der Waals surface area (Å²) < 4.78 is 5.26. The molecule has 8 heteroatoms. The van der Waals surface area contributed by atoms with Gasteiger partial charge in [-0.05, 0) is 18.2 Å². The second kappa shape index (κ2) is 6.11. The monoisotopic (exact) mass is 335 g/mol. The van der Waals surface area contributed by atoms with Crippen LogP contribution in [-0.4, -0.2) is 49.9 Å². The smallest absolute Gasteiger partial charge is 0.414 e. The predicted octanol–water partition coefficient (Wildman–Crippen LogP) is 1.22. The van der Waals surface area contributed by atoms with Crippen molar-refractivity contribution in [2.75, 3.05) is 35.7 Å². The highest BCUT2D eigenvalue weighted by atomic mass is 32.2. The lowest BCUT2D eigenvalue weighted by molar-refractivity contribution is -0.119. The summed E-state index contributed by atoms with van der Waals surface area (Å²) in [5.74, 6) is 0.298. The second-order valence-electron chi connectivity index (χ2n) is 5.45. The van der Waals surface area contributed by atoms with Crippen LogP contribution in [0.25, 0.3) is 0 Å². The van der Waals surface area contributed by atoms with Crippen molar-refractivity contribution in [3.05, 3.63) is 18.2 Å². The van der Waals surface area contributed by atoms with E-state index in [0.717, 1.165) is 16.3 Å². The Morgan fingerprint density at radius 2 is 2.22 bits per heavy atom. The second-order valence-corrected chi connectivity index (χ2v) is 6.46. The fourth-order valence-electron chi connectivity index (χ4n) is 2.53. The number of amides is 3. The summed E-state index contributed by atoms with van der Waals surface area (Å²) in [6.45, 7) is 2.11. The van der Waals surface area contributed by atoms with E-state index in [1.807, 2.05) is 12.1 Å². The molecule has 23 heavy (non-hydrogen) atoms. The first-order valence-corrected chi connectivity index (χ1v) is 8.20. The molecule has 0 bridgehead atoms. The third-order valence-corrected chi connectivity index (χ3v) is 4.82. The molecule has 1 aromatic rings. The van der Waals surface area contributed by atoms with E-state index in [0.29, 0.717) is 18.8 Å². The van der Waals surface area contributed by atoms with E-state index in [9.17, 15) is 14.4 Å². The number of anilines is 2. The van der Waals surface area contributed by atoms with Crippen molar-refractivity contribution in [1.29, 1.82) is 0 Å². The summed E-state index contributed by atoms with van der Waals surface area (Å²) in [7, 11) is 1.74. The number of carbonyl (C=O) groups excluding carboxylic acids is 3. The molecule has 3 amide bonds. The van der Waals surface area contributed by atoms with Crippen LogP contribution in [0.4, 0.5) is 16.2 Å². The van der Waals surface area contributed by atoms with E-state index >= 15 is 0 Å². The van der Waals surface area contributed by atoms with E-state index in [1.165, 1.54) is 18.7 Å². The van der Waals surface area contributed by atoms with Gasteiger partial charge in [-0.15, -0.1) is 11.8 Å². The highest BCUT2D eigenvalue weighted by Gasteiger charge is 2.33. The van der Waals surface area contributed by atoms with Gasteiger partial charge in [0.05, 0.1) is 24.5 Å². The first-order chi connectivity index (χ1) is 11.0. The molecule has 122 valence electrons. The Morgan fingerprint density at radius 1 is 1.43 bits per heavy atom. The van der Waals surface area contributed by atoms with Crippen molar-refractivity contribution in [2.24, 2.45) is 0 Å². The molecular formula is C15H17N3O4S. The lowest BCUT2D eigenvalue weighted by atomic mass is 10.2. The average molecular weight is 335 g/mol. The van der Waals surface area contributed by atoms with Gasteiger partial charge < -0.3 is 15.0 Å². The molecule has 2 aliphatic rings. The van der Waals surface area contributed by atoms with Gasteiger partial charge in [0.1, 0.15) is 6.10 Å². The first-order valence-electron chi connectivity index (χ1n) is 7.21. The lowest BCUT2D eigenvalue weighted by Crippen LogP contribution is -2.33. The molecule has 7 nitrogen and oxygen atoms in total. The van der Waals surface area contributed by atoms with Crippen molar-refractivity contribution < 1.29 is 19.1 Å². The molecule has 0 aliphatic carbocycles. The molecule has 0 unspecified atom stereocenters. The van der Waals surface area contributed by atoms with Crippen LogP contribution in [0, 0.1) is 0 Å².